The lowest BCUT2D eigenvalue weighted by molar-refractivity contribution is 0.766. The van der Waals surface area contributed by atoms with Gasteiger partial charge in [0.25, 0.3) is 0 Å². The molecule has 0 spiro atoms. The van der Waals surface area contributed by atoms with Crippen molar-refractivity contribution in [2.45, 2.75) is 38.0 Å². The van der Waals surface area contributed by atoms with E-state index in [2.05, 4.69) is 196 Å². The highest BCUT2D eigenvalue weighted by Gasteiger charge is 2.47. The van der Waals surface area contributed by atoms with Crippen LogP contribution in [0.3, 0.4) is 0 Å². The number of nitrogens with two attached hydrogens (primary N) is 1. The number of fused-ring (bicyclic) bond motifs is 5. The minimum Gasteiger partial charge on any atom is -0.398 e. The lowest BCUT2D eigenvalue weighted by atomic mass is 9.66. The Kier molecular flexibility index (Phi) is 10.2. The third-order valence-electron chi connectivity index (χ3n) is 12.1. The van der Waals surface area contributed by atoms with Crippen molar-refractivity contribution >= 4 is 22.2 Å². The highest BCUT2D eigenvalue weighted by Crippen LogP contribution is 2.59. The minimum absolute atomic E-state index is 0.520. The van der Waals surface area contributed by atoms with Gasteiger partial charge in [-0.3, -0.25) is 4.99 Å². The molecule has 0 radical (unpaired) electrons. The summed E-state index contributed by atoms with van der Waals surface area (Å²) in [5, 5.41) is 2.48. The second kappa shape index (κ2) is 16.0. The average molecular weight is 749 g/mol. The predicted octanol–water partition coefficient (Wildman–Crippen LogP) is 13.9. The number of hydrogen-bond acceptors (Lipinski definition) is 2. The summed E-state index contributed by atoms with van der Waals surface area (Å²) in [5.74, 6) is 0. The summed E-state index contributed by atoms with van der Waals surface area (Å²) >= 11 is 0. The van der Waals surface area contributed by atoms with Crippen molar-refractivity contribution in [2.24, 2.45) is 10.7 Å². The van der Waals surface area contributed by atoms with Gasteiger partial charge in [0.1, 0.15) is 0 Å². The molecule has 0 fully saturated rings. The molecule has 1 unspecified atom stereocenters. The highest BCUT2D eigenvalue weighted by atomic mass is 14.7. The molecule has 2 nitrogen and oxygen atoms in total. The van der Waals surface area contributed by atoms with E-state index in [1.165, 1.54) is 60.9 Å². The van der Waals surface area contributed by atoms with Crippen LogP contribution >= 0.6 is 0 Å². The molecule has 2 heteroatoms. The van der Waals surface area contributed by atoms with E-state index >= 15 is 0 Å². The molecular formula is C56H48N2. The molecule has 0 heterocycles. The van der Waals surface area contributed by atoms with Gasteiger partial charge in [-0.05, 0) is 140 Å². The molecule has 0 saturated heterocycles. The van der Waals surface area contributed by atoms with Gasteiger partial charge < -0.3 is 5.73 Å². The van der Waals surface area contributed by atoms with E-state index in [0.29, 0.717) is 12.2 Å². The summed E-state index contributed by atoms with van der Waals surface area (Å²) in [6.07, 6.45) is 23.8. The average Bonchev–Trinajstić information content (AvgIpc) is 3.59. The number of hydrogen-bond donors (Lipinski definition) is 1. The number of nitrogens with zero attached hydrogens (tertiary/aromatic N) is 1. The molecule has 3 aliphatic carbocycles. The second-order valence-electron chi connectivity index (χ2n) is 15.4. The number of allylic oxidation sites excluding steroid dienone is 11. The predicted molar refractivity (Wildman–Crippen MR) is 248 cm³/mol. The Morgan fingerprint density at radius 3 is 2.26 bits per heavy atom. The zero-order chi connectivity index (χ0) is 39.5. The first kappa shape index (κ1) is 36.8. The topological polar surface area (TPSA) is 38.4 Å². The Balaban J connectivity index is 1.16. The Morgan fingerprint density at radius 1 is 0.724 bits per heavy atom. The molecule has 0 aliphatic heterocycles. The largest absolute Gasteiger partial charge is 0.398 e. The fourth-order valence-electron chi connectivity index (χ4n) is 9.31. The Hall–Kier alpha value is -6.77. The molecule has 0 aromatic heterocycles. The first-order valence-electron chi connectivity index (χ1n) is 20.6. The van der Waals surface area contributed by atoms with Crippen LogP contribution < -0.4 is 5.73 Å². The number of aliphatic imine (C=N–C) groups is 1. The second-order valence-corrected chi connectivity index (χ2v) is 15.4. The fourth-order valence-corrected chi connectivity index (χ4v) is 9.31. The van der Waals surface area contributed by atoms with Crippen molar-refractivity contribution in [3.63, 3.8) is 0 Å². The minimum atomic E-state index is -0.520. The Bertz CT molecular complexity index is 2780. The highest BCUT2D eigenvalue weighted by molar-refractivity contribution is 6.14. The Morgan fingerprint density at radius 2 is 1.48 bits per heavy atom. The molecule has 282 valence electrons. The molecule has 0 bridgehead atoms. The summed E-state index contributed by atoms with van der Waals surface area (Å²) in [7, 11) is 0. The summed E-state index contributed by atoms with van der Waals surface area (Å²) in [6.45, 7) is 7.19. The Labute approximate surface area is 343 Å². The van der Waals surface area contributed by atoms with E-state index in [-0.39, 0.29) is 0 Å². The van der Waals surface area contributed by atoms with E-state index in [1.54, 1.807) is 0 Å². The van der Waals surface area contributed by atoms with Gasteiger partial charge in [0.15, 0.2) is 0 Å². The normalized spacial score (nSPS) is 17.8. The van der Waals surface area contributed by atoms with Gasteiger partial charge in [0.05, 0.1) is 17.7 Å². The number of rotatable bonds is 10. The quantitative estimate of drug-likeness (QED) is 0.110. The van der Waals surface area contributed by atoms with Crippen LogP contribution in [0.15, 0.2) is 216 Å². The van der Waals surface area contributed by atoms with Gasteiger partial charge in [-0.2, -0.15) is 0 Å². The van der Waals surface area contributed by atoms with Crippen molar-refractivity contribution in [1.82, 2.24) is 0 Å². The van der Waals surface area contributed by atoms with Crippen molar-refractivity contribution in [2.75, 3.05) is 6.54 Å². The summed E-state index contributed by atoms with van der Waals surface area (Å²) < 4.78 is 0. The zero-order valence-electron chi connectivity index (χ0n) is 33.2. The summed E-state index contributed by atoms with van der Waals surface area (Å²) in [4.78, 5) is 5.11. The number of benzene rings is 6. The zero-order valence-corrected chi connectivity index (χ0v) is 33.2. The SMILES string of the molecule is C=C/C(=C\C)C1(c2ccccc2)c2ccccc2-c2c1cc(-c1cccc(-c3cccc(/C(N)=C/C(=NCC4=CC=CCC4)C4=CCCC=C4)c3)c1)c1ccccc21. The van der Waals surface area contributed by atoms with Crippen LogP contribution in [0.25, 0.3) is 49.9 Å². The van der Waals surface area contributed by atoms with Crippen LogP contribution in [0, 0.1) is 0 Å². The van der Waals surface area contributed by atoms with Gasteiger partial charge >= 0.3 is 0 Å². The molecule has 2 N–H and O–H groups in total. The van der Waals surface area contributed by atoms with Gasteiger partial charge in [-0.1, -0.05) is 170 Å². The van der Waals surface area contributed by atoms with E-state index in [4.69, 9.17) is 10.7 Å². The van der Waals surface area contributed by atoms with Crippen LogP contribution in [0.4, 0.5) is 0 Å². The van der Waals surface area contributed by atoms with Crippen molar-refractivity contribution in [3.05, 3.63) is 234 Å². The van der Waals surface area contributed by atoms with Crippen LogP contribution in [0.1, 0.15) is 54.9 Å². The van der Waals surface area contributed by atoms with E-state index < -0.39 is 5.41 Å². The van der Waals surface area contributed by atoms with Gasteiger partial charge in [0.2, 0.25) is 0 Å². The van der Waals surface area contributed by atoms with Crippen LogP contribution in [-0.2, 0) is 5.41 Å². The molecule has 0 saturated carbocycles. The monoisotopic (exact) mass is 748 g/mol. The lowest BCUT2D eigenvalue weighted by Gasteiger charge is -2.35. The van der Waals surface area contributed by atoms with Gasteiger partial charge in [-0.25, -0.2) is 0 Å². The van der Waals surface area contributed by atoms with Crippen LogP contribution in [0.2, 0.25) is 0 Å². The van der Waals surface area contributed by atoms with E-state index in [0.717, 1.165) is 53.7 Å². The van der Waals surface area contributed by atoms with Crippen molar-refractivity contribution in [1.29, 1.82) is 0 Å². The van der Waals surface area contributed by atoms with Crippen molar-refractivity contribution < 1.29 is 0 Å². The maximum atomic E-state index is 6.94. The summed E-state index contributed by atoms with van der Waals surface area (Å²) in [6, 6.07) is 48.8. The molecule has 6 aromatic rings. The molecule has 1 atom stereocenters. The van der Waals surface area contributed by atoms with Crippen LogP contribution in [-0.4, -0.2) is 12.3 Å². The van der Waals surface area contributed by atoms with E-state index in [1.807, 2.05) is 6.08 Å². The van der Waals surface area contributed by atoms with Gasteiger partial charge in [-0.15, -0.1) is 0 Å². The third kappa shape index (κ3) is 6.55. The molecule has 0 amide bonds. The lowest BCUT2D eigenvalue weighted by Crippen LogP contribution is -2.29. The first-order valence-corrected chi connectivity index (χ1v) is 20.6. The summed E-state index contributed by atoms with van der Waals surface area (Å²) in [5.41, 5.74) is 23.7. The molecule has 9 rings (SSSR count). The smallest absolute Gasteiger partial charge is 0.0710 e. The van der Waals surface area contributed by atoms with Gasteiger partial charge in [0, 0.05) is 5.70 Å². The first-order chi connectivity index (χ1) is 28.6. The third-order valence-corrected chi connectivity index (χ3v) is 12.1. The molecule has 3 aliphatic rings. The maximum absolute atomic E-state index is 6.94. The fraction of sp³-hybridized carbons (Fsp3) is 0.125. The molecule has 6 aromatic carbocycles. The maximum Gasteiger partial charge on any atom is 0.0710 e. The van der Waals surface area contributed by atoms with Crippen molar-refractivity contribution in [3.8, 4) is 33.4 Å². The molecular weight excluding hydrogens is 701 g/mol. The standard InChI is InChI=1S/C56H48N2/c1-3-45(4-2)56(46-28-12-7-13-29-46)51-33-17-16-32-49(51)55-48-31-15-14-30-47(48)50(36-52(55)56)43-26-18-24-41(34-43)42-25-19-27-44(35-42)53(57)37-54(40-22-10-6-11-23-40)58-38-39-20-8-5-9-21-39/h3-5,7-8,10,12-20,22-37H,1,6,9,11,21,38,57H2,2H3/b45-4+,53-37-,58-54?. The molecule has 58 heavy (non-hydrogen) atoms. The van der Waals surface area contributed by atoms with E-state index in [9.17, 15) is 0 Å². The van der Waals surface area contributed by atoms with Crippen LogP contribution in [0.5, 0.6) is 0 Å².